The number of rotatable bonds is 2. The molecule has 0 aliphatic carbocycles. The Morgan fingerprint density at radius 2 is 2.00 bits per heavy atom. The minimum atomic E-state index is -3.51. The third kappa shape index (κ3) is 2.74. The third-order valence-corrected chi connectivity index (χ3v) is 7.37. The number of hydrogen-bond donors (Lipinski definition) is 2. The van der Waals surface area contributed by atoms with Crippen molar-refractivity contribution in [3.8, 4) is 0 Å². The van der Waals surface area contributed by atoms with Crippen LogP contribution in [-0.4, -0.2) is 44.8 Å². The Morgan fingerprint density at radius 1 is 1.17 bits per heavy atom. The third-order valence-electron chi connectivity index (χ3n) is 5.53. The maximum atomic E-state index is 13.1. The van der Waals surface area contributed by atoms with Crippen molar-refractivity contribution in [1.29, 1.82) is 0 Å². The van der Waals surface area contributed by atoms with E-state index in [0.717, 1.165) is 50.0 Å². The second-order valence-corrected chi connectivity index (χ2v) is 9.20. The molecule has 1 aromatic carbocycles. The normalized spacial score (nSPS) is 27.9. The fourth-order valence-corrected chi connectivity index (χ4v) is 5.90. The van der Waals surface area contributed by atoms with E-state index in [9.17, 15) is 13.2 Å². The van der Waals surface area contributed by atoms with E-state index in [1.54, 1.807) is 22.5 Å². The van der Waals surface area contributed by atoms with Crippen LogP contribution in [-0.2, 0) is 21.2 Å². The molecule has 0 bridgehead atoms. The standard InChI is InChI=1S/C17H23N3O3S/c21-16-10-13-9-14(3-4-15(13)19-16)24(22,23)20-8-2-6-17(12-20)5-1-7-18-11-17/h3-4,9,18H,1-2,5-8,10-12H2,(H,19,21). The van der Waals surface area contributed by atoms with Crippen molar-refractivity contribution in [3.05, 3.63) is 23.8 Å². The van der Waals surface area contributed by atoms with Gasteiger partial charge in [-0.2, -0.15) is 4.31 Å². The summed E-state index contributed by atoms with van der Waals surface area (Å²) in [7, 11) is -3.51. The first-order chi connectivity index (χ1) is 11.5. The molecule has 6 nitrogen and oxygen atoms in total. The first-order valence-corrected chi connectivity index (χ1v) is 10.1. The van der Waals surface area contributed by atoms with Crippen LogP contribution in [0.3, 0.4) is 0 Å². The van der Waals surface area contributed by atoms with Gasteiger partial charge < -0.3 is 10.6 Å². The second-order valence-electron chi connectivity index (χ2n) is 7.27. The number of nitrogens with zero attached hydrogens (tertiary/aromatic N) is 1. The van der Waals surface area contributed by atoms with Crippen LogP contribution >= 0.6 is 0 Å². The molecule has 1 aromatic rings. The number of anilines is 1. The number of piperidine rings is 2. The number of nitrogens with one attached hydrogen (secondary N) is 2. The largest absolute Gasteiger partial charge is 0.326 e. The molecule has 3 aliphatic rings. The Bertz CT molecular complexity index is 764. The van der Waals surface area contributed by atoms with Gasteiger partial charge in [0, 0.05) is 25.3 Å². The molecule has 2 saturated heterocycles. The molecule has 0 radical (unpaired) electrons. The highest BCUT2D eigenvalue weighted by Gasteiger charge is 2.40. The molecule has 0 saturated carbocycles. The topological polar surface area (TPSA) is 78.5 Å². The fourth-order valence-electron chi connectivity index (χ4n) is 4.26. The number of fused-ring (bicyclic) bond motifs is 1. The molecule has 2 N–H and O–H groups in total. The van der Waals surface area contributed by atoms with E-state index in [1.807, 2.05) is 0 Å². The van der Waals surface area contributed by atoms with Gasteiger partial charge in [-0.25, -0.2) is 8.42 Å². The van der Waals surface area contributed by atoms with E-state index in [1.165, 1.54) is 0 Å². The summed E-state index contributed by atoms with van der Waals surface area (Å²) in [6.07, 6.45) is 4.46. The first kappa shape index (κ1) is 16.1. The quantitative estimate of drug-likeness (QED) is 0.844. The lowest BCUT2D eigenvalue weighted by atomic mass is 9.75. The van der Waals surface area contributed by atoms with Crippen molar-refractivity contribution in [2.75, 3.05) is 31.5 Å². The Balaban J connectivity index is 1.60. The fraction of sp³-hybridized carbons (Fsp3) is 0.588. The van der Waals surface area contributed by atoms with Crippen LogP contribution in [0, 0.1) is 5.41 Å². The van der Waals surface area contributed by atoms with E-state index in [0.29, 0.717) is 18.0 Å². The lowest BCUT2D eigenvalue weighted by molar-refractivity contribution is -0.115. The zero-order valence-electron chi connectivity index (χ0n) is 13.7. The van der Waals surface area contributed by atoms with Crippen LogP contribution in [0.15, 0.2) is 23.1 Å². The molecule has 3 heterocycles. The molecule has 24 heavy (non-hydrogen) atoms. The summed E-state index contributed by atoms with van der Waals surface area (Å²) in [6.45, 7) is 3.11. The summed E-state index contributed by atoms with van der Waals surface area (Å²) < 4.78 is 27.8. The summed E-state index contributed by atoms with van der Waals surface area (Å²) in [5.41, 5.74) is 1.58. The van der Waals surface area contributed by atoms with Gasteiger partial charge in [0.2, 0.25) is 15.9 Å². The highest BCUT2D eigenvalue weighted by molar-refractivity contribution is 7.89. The number of carbonyl (C=O) groups excluding carboxylic acids is 1. The van der Waals surface area contributed by atoms with Gasteiger partial charge in [-0.1, -0.05) is 0 Å². The lowest BCUT2D eigenvalue weighted by Crippen LogP contribution is -2.52. The van der Waals surface area contributed by atoms with Gasteiger partial charge in [-0.15, -0.1) is 0 Å². The van der Waals surface area contributed by atoms with Gasteiger partial charge >= 0.3 is 0 Å². The maximum Gasteiger partial charge on any atom is 0.243 e. The molecule has 1 amide bonds. The van der Waals surface area contributed by atoms with Crippen LogP contribution in [0.25, 0.3) is 0 Å². The molecule has 3 aliphatic heterocycles. The van der Waals surface area contributed by atoms with Gasteiger partial charge in [0.1, 0.15) is 0 Å². The summed E-state index contributed by atoms with van der Waals surface area (Å²) in [4.78, 5) is 11.8. The predicted molar refractivity (Wildman–Crippen MR) is 91.3 cm³/mol. The molecule has 7 heteroatoms. The van der Waals surface area contributed by atoms with Crippen molar-refractivity contribution in [1.82, 2.24) is 9.62 Å². The second kappa shape index (κ2) is 5.82. The van der Waals surface area contributed by atoms with E-state index in [-0.39, 0.29) is 17.7 Å². The molecule has 1 atom stereocenters. The van der Waals surface area contributed by atoms with Crippen molar-refractivity contribution in [3.63, 3.8) is 0 Å². The highest BCUT2D eigenvalue weighted by atomic mass is 32.2. The Morgan fingerprint density at radius 3 is 2.79 bits per heavy atom. The SMILES string of the molecule is O=C1Cc2cc(S(=O)(=O)N3CCCC4(CCCNC4)C3)ccc2N1. The van der Waals surface area contributed by atoms with Crippen LogP contribution in [0.5, 0.6) is 0 Å². The number of carbonyl (C=O) groups is 1. The summed E-state index contributed by atoms with van der Waals surface area (Å²) in [5.74, 6) is -0.0789. The Labute approximate surface area is 142 Å². The average molecular weight is 349 g/mol. The van der Waals surface area contributed by atoms with Crippen molar-refractivity contribution in [2.24, 2.45) is 5.41 Å². The van der Waals surface area contributed by atoms with E-state index >= 15 is 0 Å². The number of amides is 1. The number of sulfonamides is 1. The molecule has 2 fully saturated rings. The number of benzene rings is 1. The molecule has 1 unspecified atom stereocenters. The monoisotopic (exact) mass is 349 g/mol. The highest BCUT2D eigenvalue weighted by Crippen LogP contribution is 2.38. The zero-order valence-corrected chi connectivity index (χ0v) is 14.5. The minimum Gasteiger partial charge on any atom is -0.326 e. The van der Waals surface area contributed by atoms with Crippen LogP contribution in [0.4, 0.5) is 5.69 Å². The first-order valence-electron chi connectivity index (χ1n) is 8.62. The van der Waals surface area contributed by atoms with Crippen molar-refractivity contribution < 1.29 is 13.2 Å². The molecule has 1 spiro atoms. The summed E-state index contributed by atoms with van der Waals surface area (Å²) in [5, 5.41) is 6.18. The summed E-state index contributed by atoms with van der Waals surface area (Å²) >= 11 is 0. The van der Waals surface area contributed by atoms with Gasteiger partial charge in [0.05, 0.1) is 11.3 Å². The Kier molecular flexibility index (Phi) is 3.89. The van der Waals surface area contributed by atoms with Gasteiger partial charge in [-0.3, -0.25) is 4.79 Å². The van der Waals surface area contributed by atoms with E-state index in [4.69, 9.17) is 0 Å². The molecule has 130 valence electrons. The van der Waals surface area contributed by atoms with Crippen LogP contribution in [0.1, 0.15) is 31.2 Å². The predicted octanol–water partition coefficient (Wildman–Crippen LogP) is 1.34. The van der Waals surface area contributed by atoms with E-state index in [2.05, 4.69) is 10.6 Å². The molecular weight excluding hydrogens is 326 g/mol. The smallest absolute Gasteiger partial charge is 0.243 e. The lowest BCUT2D eigenvalue weighted by Gasteiger charge is -2.44. The van der Waals surface area contributed by atoms with Gasteiger partial charge in [-0.05, 0) is 61.4 Å². The van der Waals surface area contributed by atoms with Gasteiger partial charge in [0.15, 0.2) is 0 Å². The molecule has 4 rings (SSSR count). The zero-order chi connectivity index (χ0) is 16.8. The maximum absolute atomic E-state index is 13.1. The van der Waals surface area contributed by atoms with Gasteiger partial charge in [0.25, 0.3) is 0 Å². The molecule has 0 aromatic heterocycles. The average Bonchev–Trinajstić information content (AvgIpc) is 2.94. The minimum absolute atomic E-state index is 0.0789. The van der Waals surface area contributed by atoms with E-state index < -0.39 is 10.0 Å². The molecular formula is C17H23N3O3S. The number of hydrogen-bond acceptors (Lipinski definition) is 4. The van der Waals surface area contributed by atoms with Crippen LogP contribution in [0.2, 0.25) is 0 Å². The van der Waals surface area contributed by atoms with Crippen molar-refractivity contribution in [2.45, 2.75) is 37.0 Å². The summed E-state index contributed by atoms with van der Waals surface area (Å²) in [6, 6.07) is 4.97. The van der Waals surface area contributed by atoms with Crippen molar-refractivity contribution >= 4 is 21.6 Å². The van der Waals surface area contributed by atoms with Crippen LogP contribution < -0.4 is 10.6 Å². The Hall–Kier alpha value is -1.44.